The molecule has 1 amide bonds. The molecule has 1 saturated heterocycles. The maximum Gasteiger partial charge on any atom is 0.273 e. The minimum atomic E-state index is -0.143. The normalized spacial score (nSPS) is 21.0. The van der Waals surface area contributed by atoms with Crippen LogP contribution < -0.4 is 5.32 Å². The number of carbonyl (C=O) groups is 1. The quantitative estimate of drug-likeness (QED) is 0.755. The molecule has 2 heterocycles. The fraction of sp³-hybridized carbons (Fsp3) is 0.625. The molecule has 1 aliphatic rings. The van der Waals surface area contributed by atoms with E-state index in [4.69, 9.17) is 0 Å². The summed E-state index contributed by atoms with van der Waals surface area (Å²) in [5.74, 6) is 2.84. The molecule has 1 fully saturated rings. The molecule has 1 aromatic heterocycles. The molecule has 1 atom stereocenters. The van der Waals surface area contributed by atoms with Gasteiger partial charge in [-0.25, -0.2) is 0 Å². The number of nitrogens with zero attached hydrogens (tertiary/aromatic N) is 2. The summed E-state index contributed by atoms with van der Waals surface area (Å²) >= 11 is 1.95. The predicted molar refractivity (Wildman–Crippen MR) is 54.1 cm³/mol. The van der Waals surface area contributed by atoms with Crippen molar-refractivity contribution in [1.82, 2.24) is 20.7 Å². The topological polar surface area (TPSA) is 70.7 Å². The van der Waals surface area contributed by atoms with Crippen LogP contribution in [0.3, 0.4) is 0 Å². The van der Waals surface area contributed by atoms with Crippen molar-refractivity contribution in [2.75, 3.05) is 18.1 Å². The van der Waals surface area contributed by atoms with Crippen LogP contribution in [0.25, 0.3) is 0 Å². The van der Waals surface area contributed by atoms with Crippen molar-refractivity contribution in [1.29, 1.82) is 0 Å². The molecule has 6 heteroatoms. The molecular formula is C8H12N4OS. The molecule has 76 valence electrons. The standard InChI is InChI=1S/C8H12N4OS/c13-8(7-4-10-12-11-7)9-3-6-1-2-14-5-6/h4,6H,1-3,5H2,(H,9,13)(H,10,11,12). The van der Waals surface area contributed by atoms with E-state index in [1.165, 1.54) is 18.4 Å². The second-order valence-corrected chi connectivity index (χ2v) is 4.44. The van der Waals surface area contributed by atoms with Crippen LogP contribution in [-0.4, -0.2) is 39.4 Å². The number of thioether (sulfide) groups is 1. The zero-order valence-corrected chi connectivity index (χ0v) is 8.51. The van der Waals surface area contributed by atoms with Crippen molar-refractivity contribution in [3.8, 4) is 0 Å². The van der Waals surface area contributed by atoms with Crippen molar-refractivity contribution in [2.24, 2.45) is 5.92 Å². The Morgan fingerprint density at radius 2 is 2.71 bits per heavy atom. The number of rotatable bonds is 3. The number of carbonyl (C=O) groups excluding carboxylic acids is 1. The number of hydrogen-bond acceptors (Lipinski definition) is 4. The summed E-state index contributed by atoms with van der Waals surface area (Å²) in [6.07, 6.45) is 2.63. The van der Waals surface area contributed by atoms with Crippen molar-refractivity contribution in [3.63, 3.8) is 0 Å². The summed E-state index contributed by atoms with van der Waals surface area (Å²) < 4.78 is 0. The summed E-state index contributed by atoms with van der Waals surface area (Å²) in [6, 6.07) is 0. The third-order valence-corrected chi connectivity index (χ3v) is 3.45. The molecule has 1 aliphatic heterocycles. The molecule has 1 unspecified atom stereocenters. The average molecular weight is 212 g/mol. The van der Waals surface area contributed by atoms with E-state index in [2.05, 4.69) is 20.7 Å². The largest absolute Gasteiger partial charge is 0.350 e. The van der Waals surface area contributed by atoms with Gasteiger partial charge < -0.3 is 5.32 Å². The first kappa shape index (κ1) is 9.51. The molecule has 1 aromatic rings. The highest BCUT2D eigenvalue weighted by Gasteiger charge is 2.17. The maximum atomic E-state index is 11.4. The average Bonchev–Trinajstić information content (AvgIpc) is 2.87. The number of aromatic nitrogens is 3. The van der Waals surface area contributed by atoms with Gasteiger partial charge in [0.1, 0.15) is 0 Å². The minimum Gasteiger partial charge on any atom is -0.350 e. The van der Waals surface area contributed by atoms with Gasteiger partial charge in [0, 0.05) is 6.54 Å². The van der Waals surface area contributed by atoms with Crippen molar-refractivity contribution in [2.45, 2.75) is 6.42 Å². The molecule has 5 nitrogen and oxygen atoms in total. The van der Waals surface area contributed by atoms with E-state index in [0.717, 1.165) is 12.3 Å². The molecule has 0 bridgehead atoms. The number of amides is 1. The Kier molecular flexibility index (Phi) is 3.03. The van der Waals surface area contributed by atoms with Crippen LogP contribution in [0.1, 0.15) is 16.9 Å². The molecular weight excluding hydrogens is 200 g/mol. The third-order valence-electron chi connectivity index (χ3n) is 2.22. The summed E-state index contributed by atoms with van der Waals surface area (Å²) in [4.78, 5) is 11.4. The maximum absolute atomic E-state index is 11.4. The zero-order valence-electron chi connectivity index (χ0n) is 7.69. The first-order valence-electron chi connectivity index (χ1n) is 4.58. The minimum absolute atomic E-state index is 0.143. The fourth-order valence-corrected chi connectivity index (χ4v) is 2.67. The van der Waals surface area contributed by atoms with Gasteiger partial charge >= 0.3 is 0 Å². The van der Waals surface area contributed by atoms with E-state index < -0.39 is 0 Å². The van der Waals surface area contributed by atoms with Gasteiger partial charge in [-0.15, -0.1) is 0 Å². The first-order valence-corrected chi connectivity index (χ1v) is 5.73. The Bertz CT molecular complexity index is 294. The zero-order chi connectivity index (χ0) is 9.80. The van der Waals surface area contributed by atoms with Gasteiger partial charge in [0.25, 0.3) is 5.91 Å². The summed E-state index contributed by atoms with van der Waals surface area (Å²) in [5.41, 5.74) is 0.357. The van der Waals surface area contributed by atoms with Crippen LogP contribution in [-0.2, 0) is 0 Å². The van der Waals surface area contributed by atoms with E-state index >= 15 is 0 Å². The Morgan fingerprint density at radius 1 is 1.79 bits per heavy atom. The van der Waals surface area contributed by atoms with Crippen LogP contribution in [0, 0.1) is 5.92 Å². The van der Waals surface area contributed by atoms with Gasteiger partial charge in [0.15, 0.2) is 5.69 Å². The lowest BCUT2D eigenvalue weighted by molar-refractivity contribution is 0.0943. The van der Waals surface area contributed by atoms with Crippen molar-refractivity contribution in [3.05, 3.63) is 11.9 Å². The van der Waals surface area contributed by atoms with Gasteiger partial charge in [-0.05, 0) is 23.8 Å². The van der Waals surface area contributed by atoms with Gasteiger partial charge in [0.05, 0.1) is 6.20 Å². The van der Waals surface area contributed by atoms with Gasteiger partial charge in [-0.1, -0.05) is 0 Å². The van der Waals surface area contributed by atoms with E-state index in [0.29, 0.717) is 11.6 Å². The molecule has 0 saturated carbocycles. The smallest absolute Gasteiger partial charge is 0.273 e. The molecule has 0 spiro atoms. The van der Waals surface area contributed by atoms with Gasteiger partial charge in [-0.3, -0.25) is 4.79 Å². The monoisotopic (exact) mass is 212 g/mol. The van der Waals surface area contributed by atoms with E-state index in [1.54, 1.807) is 0 Å². The Hall–Kier alpha value is -1.04. The van der Waals surface area contributed by atoms with Crippen molar-refractivity contribution >= 4 is 17.7 Å². The molecule has 2 rings (SSSR count). The number of hydrogen-bond donors (Lipinski definition) is 2. The summed E-state index contributed by atoms with van der Waals surface area (Å²) in [6.45, 7) is 0.749. The molecule has 0 aromatic carbocycles. The molecule has 0 radical (unpaired) electrons. The number of aromatic amines is 1. The Labute approximate surface area is 86.0 Å². The van der Waals surface area contributed by atoms with Crippen LogP contribution in [0.2, 0.25) is 0 Å². The SMILES string of the molecule is O=C(NCC1CCSC1)c1cn[nH]n1. The van der Waals surface area contributed by atoms with E-state index in [1.807, 2.05) is 11.8 Å². The summed E-state index contributed by atoms with van der Waals surface area (Å²) in [7, 11) is 0. The Morgan fingerprint density at radius 3 is 3.36 bits per heavy atom. The highest BCUT2D eigenvalue weighted by Crippen LogP contribution is 2.22. The summed E-state index contributed by atoms with van der Waals surface area (Å²) in [5, 5.41) is 12.6. The highest BCUT2D eigenvalue weighted by atomic mass is 32.2. The van der Waals surface area contributed by atoms with Crippen molar-refractivity contribution < 1.29 is 4.79 Å². The third kappa shape index (κ3) is 2.25. The predicted octanol–water partition coefficient (Wildman–Crippen LogP) is 0.288. The van der Waals surface area contributed by atoms with Crippen LogP contribution in [0.5, 0.6) is 0 Å². The van der Waals surface area contributed by atoms with E-state index in [-0.39, 0.29) is 5.91 Å². The Balaban J connectivity index is 1.78. The van der Waals surface area contributed by atoms with Crippen LogP contribution in [0.4, 0.5) is 0 Å². The lowest BCUT2D eigenvalue weighted by Gasteiger charge is -2.07. The lowest BCUT2D eigenvalue weighted by Crippen LogP contribution is -2.29. The fourth-order valence-electron chi connectivity index (χ4n) is 1.38. The second kappa shape index (κ2) is 4.45. The van der Waals surface area contributed by atoms with Gasteiger partial charge in [0.2, 0.25) is 0 Å². The molecule has 14 heavy (non-hydrogen) atoms. The molecule has 2 N–H and O–H groups in total. The first-order chi connectivity index (χ1) is 6.86. The van der Waals surface area contributed by atoms with E-state index in [9.17, 15) is 4.79 Å². The lowest BCUT2D eigenvalue weighted by atomic mass is 10.1. The highest BCUT2D eigenvalue weighted by molar-refractivity contribution is 7.99. The van der Waals surface area contributed by atoms with Gasteiger partial charge in [-0.2, -0.15) is 27.2 Å². The number of nitrogens with one attached hydrogen (secondary N) is 2. The second-order valence-electron chi connectivity index (χ2n) is 3.29. The number of H-pyrrole nitrogens is 1. The van der Waals surface area contributed by atoms with Crippen LogP contribution >= 0.6 is 11.8 Å². The van der Waals surface area contributed by atoms with Crippen LogP contribution in [0.15, 0.2) is 6.20 Å². The molecule has 0 aliphatic carbocycles.